The minimum Gasteiger partial charge on any atom is -0.495 e. The second-order valence-electron chi connectivity index (χ2n) is 7.30. The van der Waals surface area contributed by atoms with E-state index in [9.17, 15) is 14.4 Å². The van der Waals surface area contributed by atoms with E-state index in [1.807, 2.05) is 26.0 Å². The lowest BCUT2D eigenvalue weighted by Gasteiger charge is -2.20. The van der Waals surface area contributed by atoms with Crippen LogP contribution in [-0.4, -0.2) is 44.5 Å². The second kappa shape index (κ2) is 9.97. The molecule has 2 aromatic carbocycles. The van der Waals surface area contributed by atoms with Crippen LogP contribution in [-0.2, 0) is 14.4 Å². The van der Waals surface area contributed by atoms with Gasteiger partial charge in [-0.2, -0.15) is 0 Å². The van der Waals surface area contributed by atoms with Crippen LogP contribution in [0.25, 0.3) is 0 Å². The lowest BCUT2D eigenvalue weighted by molar-refractivity contribution is -0.127. The van der Waals surface area contributed by atoms with Crippen molar-refractivity contribution >= 4 is 29.1 Å². The topological polar surface area (TPSA) is 97.0 Å². The van der Waals surface area contributed by atoms with Crippen molar-refractivity contribution in [1.82, 2.24) is 5.32 Å². The smallest absolute Gasteiger partial charge is 0.243 e. The van der Waals surface area contributed by atoms with Crippen molar-refractivity contribution < 1.29 is 23.9 Å². The fourth-order valence-electron chi connectivity index (χ4n) is 3.45. The molecule has 0 aliphatic carbocycles. The maximum Gasteiger partial charge on any atom is 0.243 e. The average Bonchev–Trinajstić information content (AvgIpc) is 3.15. The largest absolute Gasteiger partial charge is 0.495 e. The molecular weight excluding hydrogens is 398 g/mol. The Bertz CT molecular complexity index is 958. The van der Waals surface area contributed by atoms with E-state index in [0.29, 0.717) is 23.7 Å². The van der Waals surface area contributed by atoms with E-state index in [0.717, 1.165) is 11.3 Å². The molecule has 1 fully saturated rings. The molecule has 164 valence electrons. The summed E-state index contributed by atoms with van der Waals surface area (Å²) in [7, 11) is 1.54. The number of hydrogen-bond acceptors (Lipinski definition) is 5. The summed E-state index contributed by atoms with van der Waals surface area (Å²) in [6.45, 7) is 4.45. The minimum atomic E-state index is -0.531. The number of hydrogen-bond donors (Lipinski definition) is 2. The summed E-state index contributed by atoms with van der Waals surface area (Å²) in [4.78, 5) is 38.8. The van der Waals surface area contributed by atoms with Gasteiger partial charge in [0.2, 0.25) is 17.7 Å². The Morgan fingerprint density at radius 2 is 1.90 bits per heavy atom. The predicted octanol–water partition coefficient (Wildman–Crippen LogP) is 2.51. The molecule has 3 rings (SSSR count). The summed E-state index contributed by atoms with van der Waals surface area (Å²) in [5.41, 5.74) is 2.25. The molecule has 0 spiro atoms. The first-order chi connectivity index (χ1) is 14.9. The van der Waals surface area contributed by atoms with Gasteiger partial charge in [-0.1, -0.05) is 6.07 Å². The van der Waals surface area contributed by atoms with Crippen LogP contribution in [0.15, 0.2) is 42.5 Å². The van der Waals surface area contributed by atoms with E-state index in [1.54, 1.807) is 42.3 Å². The molecular formula is C23H27N3O5. The van der Waals surface area contributed by atoms with Crippen molar-refractivity contribution in [3.8, 4) is 11.5 Å². The molecule has 8 nitrogen and oxygen atoms in total. The predicted molar refractivity (Wildman–Crippen MR) is 117 cm³/mol. The number of ether oxygens (including phenoxy) is 2. The third-order valence-electron chi connectivity index (χ3n) is 4.99. The van der Waals surface area contributed by atoms with Crippen molar-refractivity contribution in [2.75, 3.05) is 37.0 Å². The van der Waals surface area contributed by atoms with E-state index in [2.05, 4.69) is 10.6 Å². The maximum absolute atomic E-state index is 12.5. The number of nitrogens with one attached hydrogen (secondary N) is 2. The van der Waals surface area contributed by atoms with E-state index in [1.165, 1.54) is 0 Å². The fraction of sp³-hybridized carbons (Fsp3) is 0.348. The molecule has 0 bridgehead atoms. The van der Waals surface area contributed by atoms with Gasteiger partial charge >= 0.3 is 0 Å². The van der Waals surface area contributed by atoms with Gasteiger partial charge in [0, 0.05) is 18.7 Å². The molecule has 1 heterocycles. The average molecular weight is 425 g/mol. The van der Waals surface area contributed by atoms with Crippen molar-refractivity contribution in [2.24, 2.45) is 5.92 Å². The van der Waals surface area contributed by atoms with Crippen LogP contribution in [0.2, 0.25) is 0 Å². The van der Waals surface area contributed by atoms with Crippen molar-refractivity contribution in [3.05, 3.63) is 48.0 Å². The highest BCUT2D eigenvalue weighted by atomic mass is 16.5. The minimum absolute atomic E-state index is 0.0867. The number of benzene rings is 2. The normalized spacial score (nSPS) is 15.5. The van der Waals surface area contributed by atoms with Gasteiger partial charge in [-0.25, -0.2) is 0 Å². The van der Waals surface area contributed by atoms with Crippen molar-refractivity contribution in [1.29, 1.82) is 0 Å². The Labute approximate surface area is 181 Å². The van der Waals surface area contributed by atoms with Gasteiger partial charge in [0.15, 0.2) is 0 Å². The van der Waals surface area contributed by atoms with Crippen LogP contribution < -0.4 is 25.0 Å². The quantitative estimate of drug-likeness (QED) is 0.677. The lowest BCUT2D eigenvalue weighted by atomic mass is 10.1. The van der Waals surface area contributed by atoms with Crippen LogP contribution in [0, 0.1) is 12.8 Å². The zero-order chi connectivity index (χ0) is 22.4. The number of carbonyl (C=O) groups excluding carboxylic acids is 3. The van der Waals surface area contributed by atoms with Crippen LogP contribution in [0.3, 0.4) is 0 Å². The fourth-order valence-corrected chi connectivity index (χ4v) is 3.45. The Balaban J connectivity index is 1.53. The Morgan fingerprint density at radius 1 is 1.16 bits per heavy atom. The maximum atomic E-state index is 12.5. The van der Waals surface area contributed by atoms with E-state index in [-0.39, 0.29) is 37.2 Å². The number of anilines is 2. The third kappa shape index (κ3) is 5.53. The number of amides is 3. The Hall–Kier alpha value is -3.55. The molecule has 2 aromatic rings. The number of aryl methyl sites for hydroxylation is 1. The lowest BCUT2D eigenvalue weighted by Crippen LogP contribution is -2.38. The monoisotopic (exact) mass is 425 g/mol. The summed E-state index contributed by atoms with van der Waals surface area (Å²) < 4.78 is 10.7. The Morgan fingerprint density at radius 3 is 2.58 bits per heavy atom. The van der Waals surface area contributed by atoms with Gasteiger partial charge < -0.3 is 25.0 Å². The molecule has 2 N–H and O–H groups in total. The van der Waals surface area contributed by atoms with Gasteiger partial charge in [-0.3, -0.25) is 14.4 Å². The first-order valence-corrected chi connectivity index (χ1v) is 10.2. The van der Waals surface area contributed by atoms with Crippen LogP contribution >= 0.6 is 0 Å². The molecule has 1 aliphatic rings. The molecule has 0 aromatic heterocycles. The van der Waals surface area contributed by atoms with Gasteiger partial charge in [-0.05, 0) is 55.8 Å². The molecule has 1 aliphatic heterocycles. The summed E-state index contributed by atoms with van der Waals surface area (Å²) in [6.07, 6.45) is 0.0867. The zero-order valence-corrected chi connectivity index (χ0v) is 17.9. The second-order valence-corrected chi connectivity index (χ2v) is 7.30. The number of rotatable bonds is 8. The number of carbonyl (C=O) groups is 3. The molecule has 8 heteroatoms. The molecule has 1 atom stereocenters. The van der Waals surface area contributed by atoms with Crippen molar-refractivity contribution in [3.63, 3.8) is 0 Å². The zero-order valence-electron chi connectivity index (χ0n) is 17.9. The van der Waals surface area contributed by atoms with Gasteiger partial charge in [0.05, 0.1) is 31.9 Å². The molecule has 0 saturated carbocycles. The molecule has 3 amide bonds. The van der Waals surface area contributed by atoms with Gasteiger partial charge in [-0.15, -0.1) is 0 Å². The summed E-state index contributed by atoms with van der Waals surface area (Å²) in [5.74, 6) is -0.0634. The summed E-state index contributed by atoms with van der Waals surface area (Å²) in [5, 5.41) is 5.34. The number of methoxy groups -OCH3 is 1. The SMILES string of the molecule is CCOc1ccc(NC(=O)CNC(=O)[C@H]2CC(=O)N(c3cc(C)ccc3OC)C2)cc1. The van der Waals surface area contributed by atoms with Gasteiger partial charge in [0.1, 0.15) is 11.5 Å². The van der Waals surface area contributed by atoms with Crippen LogP contribution in [0.5, 0.6) is 11.5 Å². The Kier molecular flexibility index (Phi) is 7.12. The van der Waals surface area contributed by atoms with Gasteiger partial charge in [0.25, 0.3) is 0 Å². The van der Waals surface area contributed by atoms with E-state index in [4.69, 9.17) is 9.47 Å². The number of nitrogens with zero attached hydrogens (tertiary/aromatic N) is 1. The standard InChI is InChI=1S/C23H27N3O5/c1-4-31-18-8-6-17(7-9-18)25-21(27)13-24-23(29)16-12-22(28)26(14-16)19-11-15(2)5-10-20(19)30-3/h5-11,16H,4,12-14H2,1-3H3,(H,24,29)(H,25,27)/t16-/m0/s1. The van der Waals surface area contributed by atoms with Crippen molar-refractivity contribution in [2.45, 2.75) is 20.3 Å². The van der Waals surface area contributed by atoms with E-state index >= 15 is 0 Å². The highest BCUT2D eigenvalue weighted by molar-refractivity contribution is 6.02. The highest BCUT2D eigenvalue weighted by Crippen LogP contribution is 2.33. The molecule has 1 saturated heterocycles. The molecule has 0 radical (unpaired) electrons. The third-order valence-corrected chi connectivity index (χ3v) is 4.99. The summed E-state index contributed by atoms with van der Waals surface area (Å²) >= 11 is 0. The van der Waals surface area contributed by atoms with E-state index < -0.39 is 5.92 Å². The first kappa shape index (κ1) is 22.1. The van der Waals surface area contributed by atoms with Crippen LogP contribution in [0.1, 0.15) is 18.9 Å². The molecule has 31 heavy (non-hydrogen) atoms. The highest BCUT2D eigenvalue weighted by Gasteiger charge is 2.36. The first-order valence-electron chi connectivity index (χ1n) is 10.2. The molecule has 0 unspecified atom stereocenters. The summed E-state index contributed by atoms with van der Waals surface area (Å²) in [6, 6.07) is 12.5. The van der Waals surface area contributed by atoms with Crippen LogP contribution in [0.4, 0.5) is 11.4 Å².